The summed E-state index contributed by atoms with van der Waals surface area (Å²) in [6, 6.07) is 9.74. The summed E-state index contributed by atoms with van der Waals surface area (Å²) in [7, 11) is 0. The Balaban J connectivity index is 1.52. The fraction of sp³-hybridized carbons (Fsp3) is 0.684. The van der Waals surface area contributed by atoms with Gasteiger partial charge >= 0.3 is 0 Å². The van der Waals surface area contributed by atoms with E-state index in [9.17, 15) is 5.21 Å². The van der Waals surface area contributed by atoms with Crippen LogP contribution in [-0.4, -0.2) is 59.1 Å². The summed E-state index contributed by atoms with van der Waals surface area (Å²) in [6.45, 7) is 8.24. The van der Waals surface area contributed by atoms with Crippen LogP contribution >= 0.6 is 0 Å². The summed E-state index contributed by atoms with van der Waals surface area (Å²) in [6.07, 6.45) is -2.03. The van der Waals surface area contributed by atoms with Gasteiger partial charge in [-0.05, 0) is 33.3 Å². The van der Waals surface area contributed by atoms with Gasteiger partial charge in [0.05, 0.1) is 13.2 Å². The molecule has 0 aromatic heterocycles. The number of nitrogens with zero attached hydrogens (tertiary/aromatic N) is 1. The molecule has 7 nitrogen and oxygen atoms in total. The van der Waals surface area contributed by atoms with Crippen LogP contribution < -0.4 is 0 Å². The van der Waals surface area contributed by atoms with Gasteiger partial charge in [-0.1, -0.05) is 30.3 Å². The standard InChI is InChI=1S/C19H27NO6/c1-18(2)22-11-13(24-18)14-15-16(26-19(3,4)25-15)17(23-14)20(21)10-12-8-6-5-7-9-12/h5-9,13-17,21H,10-11H2,1-4H3/t13-,14+,15-,16-,17+/m0/s1. The van der Waals surface area contributed by atoms with Crippen molar-refractivity contribution in [3.05, 3.63) is 35.9 Å². The van der Waals surface area contributed by atoms with Gasteiger partial charge in [0.2, 0.25) is 0 Å². The quantitative estimate of drug-likeness (QED) is 0.821. The highest BCUT2D eigenvalue weighted by atomic mass is 16.8. The van der Waals surface area contributed by atoms with Gasteiger partial charge in [-0.3, -0.25) is 0 Å². The molecule has 1 aromatic carbocycles. The van der Waals surface area contributed by atoms with E-state index in [1.807, 2.05) is 58.0 Å². The summed E-state index contributed by atoms with van der Waals surface area (Å²) in [5.74, 6) is -1.39. The summed E-state index contributed by atoms with van der Waals surface area (Å²) in [4.78, 5) is 0. The Bertz CT molecular complexity index is 636. The molecule has 7 heteroatoms. The lowest BCUT2D eigenvalue weighted by atomic mass is 10.1. The van der Waals surface area contributed by atoms with Crippen molar-refractivity contribution in [1.29, 1.82) is 0 Å². The maximum Gasteiger partial charge on any atom is 0.164 e. The number of hydrogen-bond acceptors (Lipinski definition) is 7. The molecule has 0 amide bonds. The van der Waals surface area contributed by atoms with Gasteiger partial charge in [-0.2, -0.15) is 5.06 Å². The minimum Gasteiger partial charge on any atom is -0.349 e. The van der Waals surface area contributed by atoms with E-state index in [4.69, 9.17) is 23.7 Å². The lowest BCUT2D eigenvalue weighted by Crippen LogP contribution is -2.42. The molecule has 3 saturated heterocycles. The maximum absolute atomic E-state index is 10.7. The molecule has 0 aliphatic carbocycles. The summed E-state index contributed by atoms with van der Waals surface area (Å²) in [5.41, 5.74) is 0.985. The normalized spacial score (nSPS) is 38.0. The van der Waals surface area contributed by atoms with E-state index in [2.05, 4.69) is 0 Å². The second kappa shape index (κ2) is 6.53. The van der Waals surface area contributed by atoms with Gasteiger partial charge in [0, 0.05) is 0 Å². The SMILES string of the molecule is CC1(C)O[C@H]2[C@@H]([C@@H]3COC(C)(C)O3)O[C@@H](N(O)Cc3ccccc3)[C@H]2O1. The molecule has 1 N–H and O–H groups in total. The van der Waals surface area contributed by atoms with Crippen LogP contribution in [0.2, 0.25) is 0 Å². The maximum atomic E-state index is 10.7. The molecule has 0 bridgehead atoms. The third kappa shape index (κ3) is 3.53. The van der Waals surface area contributed by atoms with E-state index < -0.39 is 23.9 Å². The van der Waals surface area contributed by atoms with Gasteiger partial charge < -0.3 is 28.9 Å². The van der Waals surface area contributed by atoms with Crippen molar-refractivity contribution in [3.63, 3.8) is 0 Å². The topological polar surface area (TPSA) is 69.6 Å². The third-order valence-corrected chi connectivity index (χ3v) is 4.94. The zero-order valence-electron chi connectivity index (χ0n) is 15.6. The van der Waals surface area contributed by atoms with Crippen LogP contribution in [0, 0.1) is 0 Å². The van der Waals surface area contributed by atoms with E-state index in [1.165, 1.54) is 5.06 Å². The highest BCUT2D eigenvalue weighted by Gasteiger charge is 2.60. The van der Waals surface area contributed by atoms with Crippen molar-refractivity contribution < 1.29 is 28.9 Å². The Labute approximate surface area is 153 Å². The van der Waals surface area contributed by atoms with Gasteiger partial charge in [-0.15, -0.1) is 0 Å². The molecule has 3 aliphatic rings. The number of benzene rings is 1. The van der Waals surface area contributed by atoms with Gasteiger partial charge in [0.15, 0.2) is 17.8 Å². The molecular weight excluding hydrogens is 338 g/mol. The minimum atomic E-state index is -0.738. The number of hydrogen-bond donors (Lipinski definition) is 1. The Morgan fingerprint density at radius 2 is 1.65 bits per heavy atom. The van der Waals surface area contributed by atoms with Crippen LogP contribution in [0.1, 0.15) is 33.3 Å². The molecule has 3 fully saturated rings. The first kappa shape index (κ1) is 18.3. The molecule has 4 rings (SSSR count). The number of hydroxylamine groups is 2. The van der Waals surface area contributed by atoms with Crippen molar-refractivity contribution in [2.45, 2.75) is 76.5 Å². The minimum absolute atomic E-state index is 0.273. The third-order valence-electron chi connectivity index (χ3n) is 4.94. The fourth-order valence-corrected chi connectivity index (χ4v) is 3.88. The van der Waals surface area contributed by atoms with Crippen LogP contribution in [0.4, 0.5) is 0 Å². The molecule has 0 saturated carbocycles. The number of fused-ring (bicyclic) bond motifs is 1. The second-order valence-corrected chi connectivity index (χ2v) is 8.01. The van der Waals surface area contributed by atoms with Crippen molar-refractivity contribution in [2.24, 2.45) is 0 Å². The average molecular weight is 365 g/mol. The zero-order chi connectivity index (χ0) is 18.5. The van der Waals surface area contributed by atoms with E-state index in [0.717, 1.165) is 5.56 Å². The van der Waals surface area contributed by atoms with E-state index in [-0.39, 0.29) is 18.3 Å². The Morgan fingerprint density at radius 1 is 0.962 bits per heavy atom. The second-order valence-electron chi connectivity index (χ2n) is 8.01. The lowest BCUT2D eigenvalue weighted by Gasteiger charge is -2.29. The first-order chi connectivity index (χ1) is 12.2. The number of ether oxygens (including phenoxy) is 5. The first-order valence-electron chi connectivity index (χ1n) is 9.06. The number of rotatable bonds is 4. The fourth-order valence-electron chi connectivity index (χ4n) is 3.88. The van der Waals surface area contributed by atoms with Crippen LogP contribution in [-0.2, 0) is 30.2 Å². The molecule has 5 atom stereocenters. The van der Waals surface area contributed by atoms with Crippen molar-refractivity contribution >= 4 is 0 Å². The van der Waals surface area contributed by atoms with Crippen molar-refractivity contribution in [2.75, 3.05) is 6.61 Å². The molecular formula is C19H27NO6. The van der Waals surface area contributed by atoms with Crippen LogP contribution in [0.15, 0.2) is 30.3 Å². The summed E-state index contributed by atoms with van der Waals surface area (Å²) in [5, 5.41) is 11.9. The van der Waals surface area contributed by atoms with E-state index in [0.29, 0.717) is 13.2 Å². The molecule has 3 heterocycles. The molecule has 0 unspecified atom stereocenters. The molecule has 0 spiro atoms. The predicted octanol–water partition coefficient (Wildman–Crippen LogP) is 2.27. The van der Waals surface area contributed by atoms with Crippen molar-refractivity contribution in [1.82, 2.24) is 5.06 Å². The first-order valence-corrected chi connectivity index (χ1v) is 9.06. The molecule has 26 heavy (non-hydrogen) atoms. The Morgan fingerprint density at radius 3 is 2.31 bits per heavy atom. The van der Waals surface area contributed by atoms with Crippen LogP contribution in [0.3, 0.4) is 0 Å². The molecule has 3 aliphatic heterocycles. The van der Waals surface area contributed by atoms with Crippen molar-refractivity contribution in [3.8, 4) is 0 Å². The van der Waals surface area contributed by atoms with E-state index >= 15 is 0 Å². The predicted molar refractivity (Wildman–Crippen MR) is 91.2 cm³/mol. The highest BCUT2D eigenvalue weighted by Crippen LogP contribution is 2.43. The highest BCUT2D eigenvalue weighted by molar-refractivity contribution is 5.14. The van der Waals surface area contributed by atoms with E-state index in [1.54, 1.807) is 0 Å². The summed E-state index contributed by atoms with van der Waals surface area (Å²) >= 11 is 0. The lowest BCUT2D eigenvalue weighted by molar-refractivity contribution is -0.274. The van der Waals surface area contributed by atoms with Gasteiger partial charge in [-0.25, -0.2) is 0 Å². The van der Waals surface area contributed by atoms with Gasteiger partial charge in [0.1, 0.15) is 24.4 Å². The molecule has 144 valence electrons. The van der Waals surface area contributed by atoms with Crippen LogP contribution in [0.5, 0.6) is 0 Å². The smallest absolute Gasteiger partial charge is 0.164 e. The average Bonchev–Trinajstić information content (AvgIpc) is 3.18. The summed E-state index contributed by atoms with van der Waals surface area (Å²) < 4.78 is 29.9. The Kier molecular flexibility index (Phi) is 4.60. The molecule has 0 radical (unpaired) electrons. The molecule has 1 aromatic rings. The van der Waals surface area contributed by atoms with Gasteiger partial charge in [0.25, 0.3) is 0 Å². The largest absolute Gasteiger partial charge is 0.349 e. The Hall–Kier alpha value is -1.06. The zero-order valence-corrected chi connectivity index (χ0v) is 15.6. The monoisotopic (exact) mass is 365 g/mol. The van der Waals surface area contributed by atoms with Crippen LogP contribution in [0.25, 0.3) is 0 Å².